The molecule has 0 spiro atoms. The highest BCUT2D eigenvalue weighted by Crippen LogP contribution is 2.35. The molecule has 1 amide bonds. The molecule has 0 bridgehead atoms. The number of carbonyl (C=O) groups excluding carboxylic acids is 1. The van der Waals surface area contributed by atoms with Crippen molar-refractivity contribution >= 4 is 11.6 Å². The Labute approximate surface area is 180 Å². The molecule has 31 heavy (non-hydrogen) atoms. The zero-order valence-electron chi connectivity index (χ0n) is 17.4. The molecule has 3 heterocycles. The third kappa shape index (κ3) is 3.57. The van der Waals surface area contributed by atoms with Gasteiger partial charge in [-0.2, -0.15) is 10.2 Å². The molecule has 2 aromatic heterocycles. The lowest BCUT2D eigenvalue weighted by Gasteiger charge is -2.17. The van der Waals surface area contributed by atoms with Gasteiger partial charge in [-0.25, -0.2) is 9.69 Å². The number of para-hydroxylation sites is 1. The summed E-state index contributed by atoms with van der Waals surface area (Å²) in [6, 6.07) is 21.7. The minimum absolute atomic E-state index is 0.122. The summed E-state index contributed by atoms with van der Waals surface area (Å²) in [6.45, 7) is 3.59. The molecule has 4 aromatic rings. The predicted molar refractivity (Wildman–Crippen MR) is 119 cm³/mol. The summed E-state index contributed by atoms with van der Waals surface area (Å²) in [6.07, 6.45) is 4.18. The van der Waals surface area contributed by atoms with Crippen molar-refractivity contribution in [1.29, 1.82) is 0 Å². The van der Waals surface area contributed by atoms with Gasteiger partial charge in [0.1, 0.15) is 17.5 Å². The first kappa shape index (κ1) is 19.1. The zero-order valence-corrected chi connectivity index (χ0v) is 17.4. The van der Waals surface area contributed by atoms with E-state index in [1.54, 1.807) is 6.26 Å². The molecule has 0 N–H and O–H groups in total. The maximum absolute atomic E-state index is 12.3. The largest absolute Gasteiger partial charge is 0.467 e. The van der Waals surface area contributed by atoms with Crippen LogP contribution in [0.5, 0.6) is 0 Å². The summed E-state index contributed by atoms with van der Waals surface area (Å²) in [7, 11) is 0. The monoisotopic (exact) mass is 410 g/mol. The van der Waals surface area contributed by atoms with Gasteiger partial charge in [-0.15, -0.1) is 0 Å². The Bertz CT molecular complexity index is 1240. The molecule has 1 aliphatic heterocycles. The quantitative estimate of drug-likeness (QED) is 0.468. The van der Waals surface area contributed by atoms with Crippen LogP contribution in [0.15, 0.2) is 88.7 Å². The summed E-state index contributed by atoms with van der Waals surface area (Å²) in [5.41, 5.74) is 5.72. The van der Waals surface area contributed by atoms with Crippen molar-refractivity contribution in [2.24, 2.45) is 5.10 Å². The highest BCUT2D eigenvalue weighted by Gasteiger charge is 2.35. The van der Waals surface area contributed by atoms with E-state index in [4.69, 9.17) is 14.6 Å². The Morgan fingerprint density at radius 3 is 2.48 bits per heavy atom. The number of furan rings is 1. The van der Waals surface area contributed by atoms with Gasteiger partial charge in [0.15, 0.2) is 0 Å². The lowest BCUT2D eigenvalue weighted by atomic mass is 9.99. The van der Waals surface area contributed by atoms with Crippen LogP contribution in [0.1, 0.15) is 36.3 Å². The number of aromatic nitrogens is 2. The number of nitrogens with zero attached hydrogens (tertiary/aromatic N) is 4. The summed E-state index contributed by atoms with van der Waals surface area (Å²) in [5.74, 6) is 0.602. The molecule has 5 rings (SSSR count). The van der Waals surface area contributed by atoms with Crippen LogP contribution < -0.4 is 0 Å². The molecule has 0 saturated carbocycles. The second kappa shape index (κ2) is 7.72. The van der Waals surface area contributed by atoms with Gasteiger partial charge in [-0.1, -0.05) is 48.0 Å². The first-order valence-electron chi connectivity index (χ1n) is 10.2. The average Bonchev–Trinajstić information content (AvgIpc) is 3.53. The predicted octanol–water partition coefficient (Wildman–Crippen LogP) is 5.14. The van der Waals surface area contributed by atoms with Crippen molar-refractivity contribution in [1.82, 2.24) is 14.8 Å². The minimum Gasteiger partial charge on any atom is -0.467 e. The Balaban J connectivity index is 1.62. The van der Waals surface area contributed by atoms with E-state index in [9.17, 15) is 4.79 Å². The van der Waals surface area contributed by atoms with Gasteiger partial charge in [0, 0.05) is 30.7 Å². The fraction of sp³-hybridized carbons (Fsp3) is 0.160. The van der Waals surface area contributed by atoms with Gasteiger partial charge in [0.25, 0.3) is 0 Å². The van der Waals surface area contributed by atoms with Gasteiger partial charge in [0.2, 0.25) is 5.91 Å². The topological polar surface area (TPSA) is 63.6 Å². The maximum Gasteiger partial charge on any atom is 0.240 e. The van der Waals surface area contributed by atoms with Crippen LogP contribution in [0.3, 0.4) is 0 Å². The van der Waals surface area contributed by atoms with E-state index in [1.165, 1.54) is 17.5 Å². The van der Waals surface area contributed by atoms with Crippen molar-refractivity contribution in [3.8, 4) is 16.9 Å². The number of benzene rings is 2. The minimum atomic E-state index is -0.256. The number of rotatable bonds is 4. The van der Waals surface area contributed by atoms with Gasteiger partial charge in [0.05, 0.1) is 17.7 Å². The molecule has 0 aliphatic carbocycles. The summed E-state index contributed by atoms with van der Waals surface area (Å²) < 4.78 is 7.46. The first-order valence-corrected chi connectivity index (χ1v) is 10.2. The molecule has 6 nitrogen and oxygen atoms in total. The van der Waals surface area contributed by atoms with Gasteiger partial charge < -0.3 is 4.42 Å². The smallest absolute Gasteiger partial charge is 0.240 e. The van der Waals surface area contributed by atoms with Crippen molar-refractivity contribution in [3.63, 3.8) is 0 Å². The summed E-state index contributed by atoms with van der Waals surface area (Å²) >= 11 is 0. The Hall–Kier alpha value is -3.93. The van der Waals surface area contributed by atoms with Crippen molar-refractivity contribution in [2.45, 2.75) is 26.3 Å². The molecule has 0 saturated heterocycles. The third-order valence-electron chi connectivity index (χ3n) is 5.48. The SMILES string of the molecule is CC(=O)N1N=C(c2cn(-c3ccccc3)nc2-c2ccc(C)cc2)C[C@@H]1c1ccco1. The number of aryl methyl sites for hydroxylation is 1. The normalized spacial score (nSPS) is 15.9. The van der Waals surface area contributed by atoms with E-state index in [2.05, 4.69) is 31.2 Å². The van der Waals surface area contributed by atoms with Crippen LogP contribution in [0.4, 0.5) is 0 Å². The summed E-state index contributed by atoms with van der Waals surface area (Å²) in [5, 5.41) is 11.1. The molecule has 1 atom stereocenters. The Morgan fingerprint density at radius 2 is 1.81 bits per heavy atom. The number of hydrazone groups is 1. The van der Waals surface area contributed by atoms with Crippen LogP contribution in [-0.4, -0.2) is 26.4 Å². The molecule has 2 aromatic carbocycles. The second-order valence-corrected chi connectivity index (χ2v) is 7.68. The molecule has 1 aliphatic rings. The molecule has 154 valence electrons. The van der Waals surface area contributed by atoms with E-state index in [0.29, 0.717) is 6.42 Å². The Morgan fingerprint density at radius 1 is 1.03 bits per heavy atom. The second-order valence-electron chi connectivity index (χ2n) is 7.68. The third-order valence-corrected chi connectivity index (χ3v) is 5.48. The Kier molecular flexibility index (Phi) is 4.75. The summed E-state index contributed by atoms with van der Waals surface area (Å²) in [4.78, 5) is 12.3. The standard InChI is InChI=1S/C25H22N4O2/c1-17-10-12-19(13-11-17)25-21(16-28(27-25)20-7-4-3-5-8-20)22-15-23(24-9-6-14-31-24)29(26-22)18(2)30/h3-14,16,23H,15H2,1-2H3/t23-/m1/s1. The van der Waals surface area contributed by atoms with Crippen molar-refractivity contribution < 1.29 is 9.21 Å². The molecule has 0 unspecified atom stereocenters. The van der Waals surface area contributed by atoms with Crippen LogP contribution in [-0.2, 0) is 4.79 Å². The van der Waals surface area contributed by atoms with Crippen LogP contribution >= 0.6 is 0 Å². The van der Waals surface area contributed by atoms with Crippen LogP contribution in [0, 0.1) is 6.92 Å². The molecule has 6 heteroatoms. The molecular formula is C25H22N4O2. The number of hydrogen-bond donors (Lipinski definition) is 0. The lowest BCUT2D eigenvalue weighted by Crippen LogP contribution is -2.23. The number of amides is 1. The van der Waals surface area contributed by atoms with Crippen molar-refractivity contribution in [2.75, 3.05) is 0 Å². The van der Waals surface area contributed by atoms with Gasteiger partial charge in [-0.3, -0.25) is 4.79 Å². The zero-order chi connectivity index (χ0) is 21.4. The van der Waals surface area contributed by atoms with Gasteiger partial charge in [-0.05, 0) is 31.2 Å². The van der Waals surface area contributed by atoms with Crippen LogP contribution in [0.2, 0.25) is 0 Å². The first-order chi connectivity index (χ1) is 15.1. The van der Waals surface area contributed by atoms with Crippen molar-refractivity contribution in [3.05, 3.63) is 96.1 Å². The number of carbonyl (C=O) groups is 1. The number of hydrogen-bond acceptors (Lipinski definition) is 4. The highest BCUT2D eigenvalue weighted by atomic mass is 16.3. The fourth-order valence-electron chi connectivity index (χ4n) is 3.89. The fourth-order valence-corrected chi connectivity index (χ4v) is 3.89. The van der Waals surface area contributed by atoms with E-state index < -0.39 is 0 Å². The van der Waals surface area contributed by atoms with Crippen LogP contribution in [0.25, 0.3) is 16.9 Å². The van der Waals surface area contributed by atoms with E-state index in [0.717, 1.165) is 34.0 Å². The maximum atomic E-state index is 12.3. The van der Waals surface area contributed by atoms with E-state index in [1.807, 2.05) is 53.3 Å². The molecule has 0 radical (unpaired) electrons. The average molecular weight is 410 g/mol. The van der Waals surface area contributed by atoms with Gasteiger partial charge >= 0.3 is 0 Å². The van der Waals surface area contributed by atoms with E-state index in [-0.39, 0.29) is 11.9 Å². The molecular weight excluding hydrogens is 388 g/mol. The lowest BCUT2D eigenvalue weighted by molar-refractivity contribution is -0.130. The highest BCUT2D eigenvalue weighted by molar-refractivity contribution is 6.07. The molecule has 0 fully saturated rings. The van der Waals surface area contributed by atoms with E-state index >= 15 is 0 Å².